The number of likely N-dealkylation sites (N-methyl/N-ethyl adjacent to an activating group) is 1. The highest BCUT2D eigenvalue weighted by molar-refractivity contribution is 5.87. The molecule has 86 valence electrons. The van der Waals surface area contributed by atoms with E-state index in [0.29, 0.717) is 0 Å². The zero-order valence-corrected chi connectivity index (χ0v) is 9.78. The number of hydrogen-bond acceptors (Lipinski definition) is 3. The number of hydrogen-bond donors (Lipinski definition) is 0. The fourth-order valence-electron chi connectivity index (χ4n) is 2.21. The molecule has 1 heterocycles. The van der Waals surface area contributed by atoms with E-state index in [9.17, 15) is 0 Å². The normalized spacial score (nSPS) is 19.8. The van der Waals surface area contributed by atoms with Crippen molar-refractivity contribution in [3.63, 3.8) is 0 Å². The topological polar surface area (TPSA) is 15.7 Å². The molecule has 0 radical (unpaired) electrons. The second kappa shape index (κ2) is 4.07. The number of fused-ring (bicyclic) bond motifs is 1. The summed E-state index contributed by atoms with van der Waals surface area (Å²) in [6.07, 6.45) is 0. The molecular formula is C13H18N2O. The smallest absolute Gasteiger partial charge is 0.127 e. The molecule has 3 aliphatic rings. The van der Waals surface area contributed by atoms with Gasteiger partial charge in [0, 0.05) is 38.3 Å². The first-order valence-corrected chi connectivity index (χ1v) is 6.01. The van der Waals surface area contributed by atoms with Gasteiger partial charge in [-0.25, -0.2) is 0 Å². The van der Waals surface area contributed by atoms with E-state index in [-0.39, 0.29) is 0 Å². The summed E-state index contributed by atoms with van der Waals surface area (Å²) in [7, 11) is 2.18. The lowest BCUT2D eigenvalue weighted by Crippen LogP contribution is -2.45. The highest BCUT2D eigenvalue weighted by Crippen LogP contribution is 2.43. The van der Waals surface area contributed by atoms with E-state index in [1.165, 1.54) is 37.3 Å². The Morgan fingerprint density at radius 2 is 2.00 bits per heavy atom. The van der Waals surface area contributed by atoms with E-state index in [1.807, 2.05) is 0 Å². The molecule has 3 rings (SSSR count). The van der Waals surface area contributed by atoms with E-state index < -0.39 is 0 Å². The van der Waals surface area contributed by atoms with Crippen LogP contribution in [0, 0.1) is 0 Å². The van der Waals surface area contributed by atoms with Crippen LogP contribution in [-0.4, -0.2) is 56.2 Å². The van der Waals surface area contributed by atoms with Gasteiger partial charge in [0.2, 0.25) is 0 Å². The van der Waals surface area contributed by atoms with Gasteiger partial charge in [-0.05, 0) is 24.7 Å². The fraction of sp³-hybridized carbons (Fsp3) is 0.538. The largest absolute Gasteiger partial charge is 0.492 e. The summed E-state index contributed by atoms with van der Waals surface area (Å²) >= 11 is 0. The van der Waals surface area contributed by atoms with Crippen molar-refractivity contribution >= 4 is 0 Å². The summed E-state index contributed by atoms with van der Waals surface area (Å²) in [5.41, 5.74) is 2.67. The van der Waals surface area contributed by atoms with Crippen molar-refractivity contribution < 1.29 is 4.74 Å². The molecule has 0 atom stereocenters. The molecule has 0 amide bonds. The van der Waals surface area contributed by atoms with Crippen molar-refractivity contribution in [3.8, 4) is 16.9 Å². The van der Waals surface area contributed by atoms with Crippen LogP contribution < -0.4 is 4.74 Å². The fourth-order valence-corrected chi connectivity index (χ4v) is 2.21. The second-order valence-corrected chi connectivity index (χ2v) is 4.70. The van der Waals surface area contributed by atoms with Crippen molar-refractivity contribution in [2.75, 3.05) is 46.4 Å². The molecule has 1 aliphatic heterocycles. The summed E-state index contributed by atoms with van der Waals surface area (Å²) in [5.74, 6) is 1.07. The van der Waals surface area contributed by atoms with Crippen LogP contribution in [-0.2, 0) is 0 Å². The molecule has 0 aromatic heterocycles. The summed E-state index contributed by atoms with van der Waals surface area (Å²) in [5, 5.41) is 0. The van der Waals surface area contributed by atoms with Crippen LogP contribution in [0.25, 0.3) is 11.1 Å². The number of rotatable bonds is 4. The Morgan fingerprint density at radius 3 is 2.62 bits per heavy atom. The van der Waals surface area contributed by atoms with Gasteiger partial charge in [0.15, 0.2) is 0 Å². The molecule has 2 aliphatic carbocycles. The highest BCUT2D eigenvalue weighted by atomic mass is 16.5. The van der Waals surface area contributed by atoms with Gasteiger partial charge in [0.25, 0.3) is 0 Å². The maximum Gasteiger partial charge on any atom is 0.127 e. The Morgan fingerprint density at radius 1 is 1.19 bits per heavy atom. The molecule has 3 heteroatoms. The molecule has 1 fully saturated rings. The average Bonchev–Trinajstić information content (AvgIpc) is 2.97. The van der Waals surface area contributed by atoms with Gasteiger partial charge in [-0.3, -0.25) is 4.90 Å². The van der Waals surface area contributed by atoms with Crippen LogP contribution in [0.3, 0.4) is 0 Å². The van der Waals surface area contributed by atoms with E-state index in [2.05, 4.69) is 35.0 Å². The van der Waals surface area contributed by atoms with E-state index in [0.717, 1.165) is 18.9 Å². The quantitative estimate of drug-likeness (QED) is 0.769. The molecule has 3 nitrogen and oxygen atoms in total. The van der Waals surface area contributed by atoms with Crippen molar-refractivity contribution in [1.82, 2.24) is 9.80 Å². The summed E-state index contributed by atoms with van der Waals surface area (Å²) in [6.45, 7) is 6.57. The van der Waals surface area contributed by atoms with E-state index >= 15 is 0 Å². The Hall–Kier alpha value is -1.06. The summed E-state index contributed by atoms with van der Waals surface area (Å²) < 4.78 is 5.77. The van der Waals surface area contributed by atoms with Gasteiger partial charge >= 0.3 is 0 Å². The molecule has 1 saturated heterocycles. The van der Waals surface area contributed by atoms with E-state index in [4.69, 9.17) is 4.74 Å². The minimum Gasteiger partial charge on any atom is -0.492 e. The van der Waals surface area contributed by atoms with Gasteiger partial charge in [-0.2, -0.15) is 0 Å². The second-order valence-electron chi connectivity index (χ2n) is 4.70. The first-order chi connectivity index (χ1) is 7.83. The minimum absolute atomic E-state index is 0.813. The lowest BCUT2D eigenvalue weighted by atomic mass is 10.3. The summed E-state index contributed by atoms with van der Waals surface area (Å²) in [4.78, 5) is 4.85. The third-order valence-corrected chi connectivity index (χ3v) is 3.47. The van der Waals surface area contributed by atoms with Crippen molar-refractivity contribution in [1.29, 1.82) is 0 Å². The lowest BCUT2D eigenvalue weighted by molar-refractivity contribution is 0.134. The predicted molar refractivity (Wildman–Crippen MR) is 64.9 cm³/mol. The van der Waals surface area contributed by atoms with Crippen molar-refractivity contribution in [2.24, 2.45) is 0 Å². The number of benzene rings is 1. The molecule has 0 N–H and O–H groups in total. The summed E-state index contributed by atoms with van der Waals surface area (Å²) in [6, 6.07) is 6.38. The van der Waals surface area contributed by atoms with Crippen LogP contribution in [0.4, 0.5) is 0 Å². The monoisotopic (exact) mass is 218 g/mol. The maximum absolute atomic E-state index is 5.77. The molecule has 0 saturated carbocycles. The Kier molecular flexibility index (Phi) is 2.58. The van der Waals surface area contributed by atoms with Crippen LogP contribution >= 0.6 is 0 Å². The van der Waals surface area contributed by atoms with Crippen LogP contribution in [0.5, 0.6) is 5.75 Å². The molecule has 0 aromatic rings. The lowest BCUT2D eigenvalue weighted by Gasteiger charge is -2.32. The van der Waals surface area contributed by atoms with Crippen LogP contribution in [0.15, 0.2) is 18.2 Å². The standard InChI is InChI=1S/C13H18N2O/c1-14-4-6-15(7-5-14)8-9-16-13-3-2-11-10-12(11)13/h2-3,10H,4-9H2,1H3. The highest BCUT2D eigenvalue weighted by Gasteiger charge is 2.19. The van der Waals surface area contributed by atoms with Gasteiger partial charge < -0.3 is 9.64 Å². The maximum atomic E-state index is 5.77. The Balaban J connectivity index is 1.39. The van der Waals surface area contributed by atoms with Crippen LogP contribution in [0.2, 0.25) is 0 Å². The number of piperazine rings is 1. The Bertz CT molecular complexity index is 384. The average molecular weight is 218 g/mol. The number of ether oxygens (including phenoxy) is 1. The first-order valence-electron chi connectivity index (χ1n) is 6.01. The van der Waals surface area contributed by atoms with E-state index in [1.54, 1.807) is 0 Å². The van der Waals surface area contributed by atoms with Gasteiger partial charge in [-0.15, -0.1) is 0 Å². The predicted octanol–water partition coefficient (Wildman–Crippen LogP) is 1.29. The molecule has 0 bridgehead atoms. The number of nitrogens with zero attached hydrogens (tertiary/aromatic N) is 2. The van der Waals surface area contributed by atoms with Crippen molar-refractivity contribution in [3.05, 3.63) is 18.2 Å². The zero-order valence-electron chi connectivity index (χ0n) is 9.78. The molecule has 0 unspecified atom stereocenters. The first kappa shape index (κ1) is 10.1. The van der Waals surface area contributed by atoms with Gasteiger partial charge in [-0.1, -0.05) is 6.07 Å². The SMILES string of the molecule is CN1CCN(CCOc2ccc3cc2-3)CC1. The molecule has 0 aromatic carbocycles. The minimum atomic E-state index is 0.813. The zero-order chi connectivity index (χ0) is 11.0. The van der Waals surface area contributed by atoms with Crippen molar-refractivity contribution in [2.45, 2.75) is 0 Å². The molecule has 0 spiro atoms. The van der Waals surface area contributed by atoms with Crippen LogP contribution in [0.1, 0.15) is 0 Å². The van der Waals surface area contributed by atoms with Gasteiger partial charge in [0.1, 0.15) is 12.4 Å². The third kappa shape index (κ3) is 2.06. The Labute approximate surface area is 96.6 Å². The van der Waals surface area contributed by atoms with Gasteiger partial charge in [0.05, 0.1) is 0 Å². The molecule has 16 heavy (non-hydrogen) atoms. The molecular weight excluding hydrogens is 200 g/mol. The third-order valence-electron chi connectivity index (χ3n) is 3.47.